The first-order valence-electron chi connectivity index (χ1n) is 9.56. The molecule has 2 heterocycles. The van der Waals surface area contributed by atoms with Gasteiger partial charge >= 0.3 is 6.03 Å². The van der Waals surface area contributed by atoms with Gasteiger partial charge in [-0.15, -0.1) is 11.3 Å². The van der Waals surface area contributed by atoms with Crippen LogP contribution in [-0.2, 0) is 21.5 Å². The standard InChI is InChI=1S/C22H19N3O3S/c26-19(23-16-8-7-14-4-1-2-5-15(14)12-16)13-25-20(27)22(24-21(25)28)10-3-6-18-17(22)9-11-29-18/h1-2,4-5,7-9,11-12H,3,6,10,13H2,(H,23,26)(H,24,28)/t22-/m0/s1. The fourth-order valence-corrected chi connectivity index (χ4v) is 5.30. The molecule has 5 rings (SSSR count). The number of benzene rings is 2. The molecule has 1 aromatic heterocycles. The highest BCUT2D eigenvalue weighted by atomic mass is 32.1. The number of carbonyl (C=O) groups excluding carboxylic acids is 3. The van der Waals surface area contributed by atoms with Gasteiger partial charge in [-0.3, -0.25) is 14.5 Å². The minimum Gasteiger partial charge on any atom is -0.325 e. The summed E-state index contributed by atoms with van der Waals surface area (Å²) in [5.74, 6) is -0.738. The molecule has 2 aromatic carbocycles. The number of carbonyl (C=O) groups is 3. The Morgan fingerprint density at radius 2 is 1.97 bits per heavy atom. The van der Waals surface area contributed by atoms with Crippen molar-refractivity contribution in [1.82, 2.24) is 10.2 Å². The molecule has 1 aliphatic heterocycles. The van der Waals surface area contributed by atoms with Crippen LogP contribution in [0.3, 0.4) is 0 Å². The van der Waals surface area contributed by atoms with E-state index < -0.39 is 17.5 Å². The summed E-state index contributed by atoms with van der Waals surface area (Å²) in [6, 6.07) is 14.9. The van der Waals surface area contributed by atoms with Crippen LogP contribution in [0.25, 0.3) is 10.8 Å². The third-order valence-corrected chi connectivity index (χ3v) is 6.65. The van der Waals surface area contributed by atoms with Gasteiger partial charge in [0.05, 0.1) is 0 Å². The van der Waals surface area contributed by atoms with E-state index in [0.717, 1.165) is 39.0 Å². The van der Waals surface area contributed by atoms with Gasteiger partial charge in [-0.2, -0.15) is 0 Å². The zero-order valence-corrected chi connectivity index (χ0v) is 16.4. The lowest BCUT2D eigenvalue weighted by Crippen LogP contribution is -2.46. The second-order valence-corrected chi connectivity index (χ2v) is 8.45. The number of anilines is 1. The summed E-state index contributed by atoms with van der Waals surface area (Å²) in [5, 5.41) is 9.70. The fraction of sp³-hybridized carbons (Fsp3) is 0.227. The smallest absolute Gasteiger partial charge is 0.325 e. The Bertz CT molecular complexity index is 1150. The van der Waals surface area contributed by atoms with E-state index in [1.54, 1.807) is 11.3 Å². The van der Waals surface area contributed by atoms with Crippen molar-refractivity contribution in [2.45, 2.75) is 24.8 Å². The number of aryl methyl sites for hydroxylation is 1. The van der Waals surface area contributed by atoms with Crippen LogP contribution in [-0.4, -0.2) is 29.3 Å². The predicted octanol–water partition coefficient (Wildman–Crippen LogP) is 3.62. The number of fused-ring (bicyclic) bond motifs is 3. The Morgan fingerprint density at radius 1 is 1.14 bits per heavy atom. The minimum atomic E-state index is -1.02. The predicted molar refractivity (Wildman–Crippen MR) is 112 cm³/mol. The van der Waals surface area contributed by atoms with Crippen LogP contribution in [0, 0.1) is 0 Å². The molecule has 1 atom stereocenters. The number of rotatable bonds is 3. The van der Waals surface area contributed by atoms with E-state index in [4.69, 9.17) is 0 Å². The number of hydrogen-bond donors (Lipinski definition) is 2. The first-order chi connectivity index (χ1) is 14.1. The lowest BCUT2D eigenvalue weighted by molar-refractivity contribution is -0.134. The molecule has 4 amide bonds. The van der Waals surface area contributed by atoms with E-state index in [1.165, 1.54) is 0 Å². The third-order valence-electron chi connectivity index (χ3n) is 5.67. The monoisotopic (exact) mass is 405 g/mol. The first-order valence-corrected chi connectivity index (χ1v) is 10.4. The Labute approximate surface area is 171 Å². The SMILES string of the molecule is O=C(CN1C(=O)N[C@]2(CCCc3sccc32)C1=O)Nc1ccc2ccccc2c1. The molecule has 0 saturated carbocycles. The number of amides is 4. The second-order valence-electron chi connectivity index (χ2n) is 7.45. The van der Waals surface area contributed by atoms with Gasteiger partial charge in [-0.25, -0.2) is 4.79 Å². The molecule has 1 fully saturated rings. The van der Waals surface area contributed by atoms with Gasteiger partial charge in [0.1, 0.15) is 12.1 Å². The highest BCUT2D eigenvalue weighted by Gasteiger charge is 2.54. The van der Waals surface area contributed by atoms with Crippen molar-refractivity contribution >= 4 is 45.6 Å². The molecule has 0 bridgehead atoms. The van der Waals surface area contributed by atoms with E-state index >= 15 is 0 Å². The van der Waals surface area contributed by atoms with E-state index in [1.807, 2.05) is 53.9 Å². The van der Waals surface area contributed by atoms with Crippen LogP contribution in [0.4, 0.5) is 10.5 Å². The summed E-state index contributed by atoms with van der Waals surface area (Å²) in [4.78, 5) is 40.5. The maximum atomic E-state index is 13.2. The summed E-state index contributed by atoms with van der Waals surface area (Å²) < 4.78 is 0. The Balaban J connectivity index is 1.34. The number of thiophene rings is 1. The minimum absolute atomic E-state index is 0.307. The maximum Gasteiger partial charge on any atom is 0.325 e. The van der Waals surface area contributed by atoms with E-state index in [2.05, 4.69) is 10.6 Å². The van der Waals surface area contributed by atoms with Crippen molar-refractivity contribution in [2.75, 3.05) is 11.9 Å². The molecule has 146 valence electrons. The molecule has 2 aliphatic rings. The highest BCUT2D eigenvalue weighted by molar-refractivity contribution is 7.10. The largest absolute Gasteiger partial charge is 0.325 e. The average Bonchev–Trinajstić information content (AvgIpc) is 3.29. The lowest BCUT2D eigenvalue weighted by Gasteiger charge is -2.31. The van der Waals surface area contributed by atoms with Crippen LogP contribution < -0.4 is 10.6 Å². The number of hydrogen-bond acceptors (Lipinski definition) is 4. The van der Waals surface area contributed by atoms with Gasteiger partial charge in [0.25, 0.3) is 5.91 Å². The van der Waals surface area contributed by atoms with Crippen molar-refractivity contribution in [3.05, 3.63) is 64.4 Å². The molecular formula is C22H19N3O3S. The molecule has 6 nitrogen and oxygen atoms in total. The molecule has 1 saturated heterocycles. The zero-order valence-electron chi connectivity index (χ0n) is 15.6. The van der Waals surface area contributed by atoms with Crippen molar-refractivity contribution in [3.8, 4) is 0 Å². The maximum absolute atomic E-state index is 13.2. The molecule has 2 N–H and O–H groups in total. The summed E-state index contributed by atoms with van der Waals surface area (Å²) in [6.45, 7) is -0.307. The second kappa shape index (κ2) is 6.70. The van der Waals surface area contributed by atoms with Crippen LogP contribution in [0.5, 0.6) is 0 Å². The number of urea groups is 1. The summed E-state index contributed by atoms with van der Waals surface area (Å²) >= 11 is 1.61. The van der Waals surface area contributed by atoms with E-state index in [0.29, 0.717) is 12.1 Å². The Kier molecular flexibility index (Phi) is 4.13. The summed E-state index contributed by atoms with van der Waals surface area (Å²) in [6.07, 6.45) is 2.31. The first kappa shape index (κ1) is 17.9. The van der Waals surface area contributed by atoms with E-state index in [9.17, 15) is 14.4 Å². The van der Waals surface area contributed by atoms with Gasteiger partial charge in [-0.05, 0) is 53.6 Å². The van der Waals surface area contributed by atoms with Crippen LogP contribution in [0.15, 0.2) is 53.9 Å². The third kappa shape index (κ3) is 2.89. The van der Waals surface area contributed by atoms with Gasteiger partial charge < -0.3 is 10.6 Å². The molecule has 0 radical (unpaired) electrons. The van der Waals surface area contributed by atoms with Crippen molar-refractivity contribution in [3.63, 3.8) is 0 Å². The number of nitrogens with zero attached hydrogens (tertiary/aromatic N) is 1. The van der Waals surface area contributed by atoms with Gasteiger partial charge in [0.2, 0.25) is 5.91 Å². The normalized spacial score (nSPS) is 20.8. The fourth-order valence-electron chi connectivity index (χ4n) is 4.30. The molecule has 0 unspecified atom stereocenters. The number of nitrogens with one attached hydrogen (secondary N) is 2. The van der Waals surface area contributed by atoms with Gasteiger partial charge in [0, 0.05) is 16.1 Å². The topological polar surface area (TPSA) is 78.5 Å². The van der Waals surface area contributed by atoms with Crippen molar-refractivity contribution in [1.29, 1.82) is 0 Å². The quantitative estimate of drug-likeness (QED) is 0.653. The number of imide groups is 1. The zero-order chi connectivity index (χ0) is 20.0. The molecule has 1 aliphatic carbocycles. The van der Waals surface area contributed by atoms with Gasteiger partial charge in [-0.1, -0.05) is 30.3 Å². The highest BCUT2D eigenvalue weighted by Crippen LogP contribution is 2.42. The van der Waals surface area contributed by atoms with Crippen molar-refractivity contribution < 1.29 is 14.4 Å². The molecule has 7 heteroatoms. The molecule has 1 spiro atoms. The van der Waals surface area contributed by atoms with Gasteiger partial charge in [0.15, 0.2) is 0 Å². The molecule has 3 aromatic rings. The summed E-state index contributed by atoms with van der Waals surface area (Å²) in [5.41, 5.74) is 0.492. The van der Waals surface area contributed by atoms with Crippen molar-refractivity contribution in [2.24, 2.45) is 0 Å². The van der Waals surface area contributed by atoms with Crippen LogP contribution in [0.2, 0.25) is 0 Å². The van der Waals surface area contributed by atoms with Crippen LogP contribution in [0.1, 0.15) is 23.3 Å². The Morgan fingerprint density at radius 3 is 2.83 bits per heavy atom. The lowest BCUT2D eigenvalue weighted by atomic mass is 9.80. The molecular weight excluding hydrogens is 386 g/mol. The average molecular weight is 405 g/mol. The Hall–Kier alpha value is -3.19. The molecule has 29 heavy (non-hydrogen) atoms. The van der Waals surface area contributed by atoms with Crippen LogP contribution >= 0.6 is 11.3 Å². The summed E-state index contributed by atoms with van der Waals surface area (Å²) in [7, 11) is 0. The van der Waals surface area contributed by atoms with E-state index in [-0.39, 0.29) is 12.5 Å².